The minimum atomic E-state index is -0.114. The molecule has 0 saturated heterocycles. The first kappa shape index (κ1) is 15.7. The average Bonchev–Trinajstić information content (AvgIpc) is 2.92. The number of halogens is 1. The van der Waals surface area contributed by atoms with Gasteiger partial charge in [0.25, 0.3) is 5.91 Å². The fourth-order valence-corrected chi connectivity index (χ4v) is 3.02. The van der Waals surface area contributed by atoms with Crippen molar-refractivity contribution in [1.29, 1.82) is 0 Å². The molecule has 5 nitrogen and oxygen atoms in total. The summed E-state index contributed by atoms with van der Waals surface area (Å²) in [6.45, 7) is 0.456. The number of aryl methyl sites for hydroxylation is 1. The van der Waals surface area contributed by atoms with Crippen molar-refractivity contribution in [3.8, 4) is 0 Å². The molecule has 0 atom stereocenters. The summed E-state index contributed by atoms with van der Waals surface area (Å²) in [5.74, 6) is 0.510. The lowest BCUT2D eigenvalue weighted by Gasteiger charge is -2.22. The zero-order chi connectivity index (χ0) is 16.2. The highest BCUT2D eigenvalue weighted by Crippen LogP contribution is 2.20. The fraction of sp³-hybridized carbons (Fsp3) is 0.118. The quantitative estimate of drug-likeness (QED) is 0.612. The van der Waals surface area contributed by atoms with Crippen molar-refractivity contribution in [1.82, 2.24) is 14.8 Å². The second kappa shape index (κ2) is 6.91. The first-order chi connectivity index (χ1) is 11.2. The predicted octanol–water partition coefficient (Wildman–Crippen LogP) is 3.27. The molecule has 2 aromatic heterocycles. The molecule has 0 unspecified atom stereocenters. The number of benzene rings is 1. The minimum Gasteiger partial charge on any atom is -0.287 e. The molecule has 23 heavy (non-hydrogen) atoms. The highest BCUT2D eigenvalue weighted by atomic mass is 127. The van der Waals surface area contributed by atoms with Crippen molar-refractivity contribution in [3.63, 3.8) is 0 Å². The Morgan fingerprint density at radius 3 is 2.52 bits per heavy atom. The minimum absolute atomic E-state index is 0.114. The maximum absolute atomic E-state index is 13.1. The maximum Gasteiger partial charge on any atom is 0.279 e. The van der Waals surface area contributed by atoms with Crippen LogP contribution in [-0.4, -0.2) is 20.7 Å². The fourth-order valence-electron chi connectivity index (χ4n) is 2.32. The van der Waals surface area contributed by atoms with E-state index in [-0.39, 0.29) is 5.91 Å². The van der Waals surface area contributed by atoms with Crippen LogP contribution >= 0.6 is 22.6 Å². The summed E-state index contributed by atoms with van der Waals surface area (Å²) < 4.78 is 2.43. The monoisotopic (exact) mass is 418 g/mol. The lowest BCUT2D eigenvalue weighted by molar-refractivity contribution is 0.0974. The first-order valence-electron chi connectivity index (χ1n) is 7.11. The number of rotatable bonds is 4. The van der Waals surface area contributed by atoms with Crippen molar-refractivity contribution in [2.75, 3.05) is 4.90 Å². The highest BCUT2D eigenvalue weighted by Gasteiger charge is 2.24. The third-order valence-electron chi connectivity index (χ3n) is 3.45. The van der Waals surface area contributed by atoms with Gasteiger partial charge in [0.05, 0.1) is 16.3 Å². The Hall–Kier alpha value is -2.22. The van der Waals surface area contributed by atoms with Crippen LogP contribution in [0.3, 0.4) is 0 Å². The molecule has 0 spiro atoms. The van der Waals surface area contributed by atoms with E-state index in [0.717, 1.165) is 9.13 Å². The lowest BCUT2D eigenvalue weighted by atomic mass is 10.2. The van der Waals surface area contributed by atoms with Gasteiger partial charge in [-0.1, -0.05) is 36.4 Å². The van der Waals surface area contributed by atoms with Gasteiger partial charge in [0, 0.05) is 13.2 Å². The largest absolute Gasteiger partial charge is 0.287 e. The number of carbonyl (C=O) groups excluding carboxylic acids is 1. The number of hydrogen-bond donors (Lipinski definition) is 0. The highest BCUT2D eigenvalue weighted by molar-refractivity contribution is 14.1. The summed E-state index contributed by atoms with van der Waals surface area (Å²) in [7, 11) is 1.77. The Labute approximate surface area is 148 Å². The normalized spacial score (nSPS) is 10.5. The molecule has 3 rings (SSSR count). The molecule has 0 aliphatic rings. The van der Waals surface area contributed by atoms with Gasteiger partial charge in [0.2, 0.25) is 0 Å². The van der Waals surface area contributed by atoms with Crippen LogP contribution in [0.1, 0.15) is 16.1 Å². The Kier molecular flexibility index (Phi) is 4.71. The Morgan fingerprint density at radius 1 is 1.17 bits per heavy atom. The van der Waals surface area contributed by atoms with Gasteiger partial charge in [-0.05, 0) is 40.3 Å². The number of pyridine rings is 1. The molecule has 0 bridgehead atoms. The molecule has 0 N–H and O–H groups in total. The van der Waals surface area contributed by atoms with Crippen LogP contribution in [0, 0.1) is 3.57 Å². The van der Waals surface area contributed by atoms with Crippen molar-refractivity contribution in [2.24, 2.45) is 7.05 Å². The molecular weight excluding hydrogens is 403 g/mol. The molecule has 6 heteroatoms. The van der Waals surface area contributed by atoms with Crippen molar-refractivity contribution < 1.29 is 4.79 Å². The number of aromatic nitrogens is 3. The van der Waals surface area contributed by atoms with Crippen molar-refractivity contribution >= 4 is 34.3 Å². The molecule has 3 aromatic rings. The summed E-state index contributed by atoms with van der Waals surface area (Å²) in [4.78, 5) is 19.1. The zero-order valence-corrected chi connectivity index (χ0v) is 14.7. The summed E-state index contributed by atoms with van der Waals surface area (Å²) >= 11 is 2.13. The molecule has 1 aromatic carbocycles. The van der Waals surface area contributed by atoms with Crippen LogP contribution in [0.4, 0.5) is 5.82 Å². The number of carbonyl (C=O) groups is 1. The topological polar surface area (TPSA) is 51.0 Å². The van der Waals surface area contributed by atoms with Crippen LogP contribution in [0.15, 0.2) is 60.9 Å². The van der Waals surface area contributed by atoms with Gasteiger partial charge in [-0.25, -0.2) is 4.98 Å². The molecule has 2 heterocycles. The SMILES string of the molecule is Cn1ncc(I)c1C(=O)N(Cc1ccccc1)c1ccccn1. The zero-order valence-electron chi connectivity index (χ0n) is 12.6. The van der Waals surface area contributed by atoms with Crippen LogP contribution in [0.2, 0.25) is 0 Å². The van der Waals surface area contributed by atoms with Gasteiger partial charge in [-0.2, -0.15) is 5.10 Å². The summed E-state index contributed by atoms with van der Waals surface area (Å²) in [6, 6.07) is 15.4. The average molecular weight is 418 g/mol. The third kappa shape index (κ3) is 3.42. The molecular formula is C17H15IN4O. The Balaban J connectivity index is 2.00. The van der Waals surface area contributed by atoms with Crippen LogP contribution < -0.4 is 4.90 Å². The van der Waals surface area contributed by atoms with Crippen molar-refractivity contribution in [3.05, 3.63) is 75.8 Å². The van der Waals surface area contributed by atoms with Gasteiger partial charge in [0.1, 0.15) is 11.5 Å². The van der Waals surface area contributed by atoms with Crippen LogP contribution in [0.25, 0.3) is 0 Å². The molecule has 116 valence electrons. The molecule has 0 saturated carbocycles. The van der Waals surface area contributed by atoms with E-state index in [9.17, 15) is 4.79 Å². The number of nitrogens with zero attached hydrogens (tertiary/aromatic N) is 4. The van der Waals surface area contributed by atoms with E-state index < -0.39 is 0 Å². The molecule has 1 amide bonds. The second-order valence-electron chi connectivity index (χ2n) is 5.03. The summed E-state index contributed by atoms with van der Waals surface area (Å²) in [6.07, 6.45) is 3.38. The summed E-state index contributed by atoms with van der Waals surface area (Å²) in [5.41, 5.74) is 1.61. The predicted molar refractivity (Wildman–Crippen MR) is 97.1 cm³/mol. The van der Waals surface area contributed by atoms with E-state index in [0.29, 0.717) is 18.1 Å². The maximum atomic E-state index is 13.1. The van der Waals surface area contributed by atoms with E-state index in [1.807, 2.05) is 48.5 Å². The van der Waals surface area contributed by atoms with Gasteiger partial charge in [-0.15, -0.1) is 0 Å². The van der Waals surface area contributed by atoms with Crippen LogP contribution in [-0.2, 0) is 13.6 Å². The Morgan fingerprint density at radius 2 is 1.91 bits per heavy atom. The first-order valence-corrected chi connectivity index (χ1v) is 8.19. The molecule has 0 aliphatic heterocycles. The van der Waals surface area contributed by atoms with Gasteiger partial charge < -0.3 is 0 Å². The van der Waals surface area contributed by atoms with Gasteiger partial charge in [0.15, 0.2) is 0 Å². The second-order valence-corrected chi connectivity index (χ2v) is 6.19. The standard InChI is InChI=1S/C17H15IN4O/c1-21-16(14(18)11-20-21)17(23)22(15-9-5-6-10-19-15)12-13-7-3-2-4-8-13/h2-11H,12H2,1H3. The van der Waals surface area contributed by atoms with Gasteiger partial charge >= 0.3 is 0 Å². The van der Waals surface area contributed by atoms with E-state index >= 15 is 0 Å². The molecule has 0 fully saturated rings. The van der Waals surface area contributed by atoms with Gasteiger partial charge in [-0.3, -0.25) is 14.4 Å². The number of amides is 1. The van der Waals surface area contributed by atoms with E-state index in [1.165, 1.54) is 0 Å². The number of anilines is 1. The van der Waals surface area contributed by atoms with E-state index in [1.54, 1.807) is 29.0 Å². The van der Waals surface area contributed by atoms with Crippen LogP contribution in [0.5, 0.6) is 0 Å². The lowest BCUT2D eigenvalue weighted by Crippen LogP contribution is -2.33. The third-order valence-corrected chi connectivity index (χ3v) is 4.24. The molecule has 0 aliphatic carbocycles. The van der Waals surface area contributed by atoms with E-state index in [4.69, 9.17) is 0 Å². The Bertz CT molecular complexity index is 782. The smallest absolute Gasteiger partial charge is 0.279 e. The van der Waals surface area contributed by atoms with Crippen molar-refractivity contribution in [2.45, 2.75) is 6.54 Å². The van der Waals surface area contributed by atoms with E-state index in [2.05, 4.69) is 32.7 Å². The molecule has 0 radical (unpaired) electrons. The summed E-state index contributed by atoms with van der Waals surface area (Å²) in [5, 5.41) is 4.16. The number of hydrogen-bond acceptors (Lipinski definition) is 3.